The fourth-order valence-electron chi connectivity index (χ4n) is 1.74. The minimum absolute atomic E-state index is 0.605. The van der Waals surface area contributed by atoms with Crippen molar-refractivity contribution >= 4 is 12.0 Å². The predicted octanol–water partition coefficient (Wildman–Crippen LogP) is 3.98. The van der Waals surface area contributed by atoms with E-state index in [1.165, 1.54) is 6.08 Å². The Hall–Kier alpha value is -2.75. The van der Waals surface area contributed by atoms with Crippen LogP contribution in [-0.2, 0) is 4.79 Å². The Morgan fingerprint density at radius 2 is 1.81 bits per heavy atom. The van der Waals surface area contributed by atoms with Crippen LogP contribution in [0.1, 0.15) is 12.5 Å². The topological polar surface area (TPSA) is 55.8 Å². The summed E-state index contributed by atoms with van der Waals surface area (Å²) in [7, 11) is 0. The first kappa shape index (κ1) is 14.7. The molecule has 0 aromatic heterocycles. The average molecular weight is 284 g/mol. The highest BCUT2D eigenvalue weighted by Gasteiger charge is 2.00. The molecule has 0 heterocycles. The zero-order valence-corrected chi connectivity index (χ0v) is 11.7. The van der Waals surface area contributed by atoms with Crippen molar-refractivity contribution in [3.05, 3.63) is 60.2 Å². The summed E-state index contributed by atoms with van der Waals surface area (Å²) >= 11 is 0. The molecule has 2 rings (SSSR count). The molecule has 0 saturated heterocycles. The zero-order valence-electron chi connectivity index (χ0n) is 11.7. The summed E-state index contributed by atoms with van der Waals surface area (Å²) in [6.45, 7) is 2.53. The van der Waals surface area contributed by atoms with Gasteiger partial charge in [0.1, 0.15) is 17.2 Å². The van der Waals surface area contributed by atoms with E-state index >= 15 is 0 Å². The van der Waals surface area contributed by atoms with Crippen LogP contribution in [0.3, 0.4) is 0 Å². The highest BCUT2D eigenvalue weighted by molar-refractivity contribution is 5.85. The SMILES string of the molecule is CCOc1cccc(Oc2ccc(C=CC(=O)O)cc2)c1. The second-order valence-corrected chi connectivity index (χ2v) is 4.25. The molecule has 0 atom stereocenters. The molecule has 108 valence electrons. The number of carbonyl (C=O) groups is 1. The lowest BCUT2D eigenvalue weighted by Crippen LogP contribution is -1.91. The van der Waals surface area contributed by atoms with E-state index in [1.54, 1.807) is 24.3 Å². The monoisotopic (exact) mass is 284 g/mol. The molecule has 4 heteroatoms. The van der Waals surface area contributed by atoms with Gasteiger partial charge in [-0.2, -0.15) is 0 Å². The largest absolute Gasteiger partial charge is 0.494 e. The van der Waals surface area contributed by atoms with Gasteiger partial charge in [-0.05, 0) is 42.8 Å². The fraction of sp³-hybridized carbons (Fsp3) is 0.118. The first-order valence-electron chi connectivity index (χ1n) is 6.59. The van der Waals surface area contributed by atoms with Crippen LogP contribution in [0.5, 0.6) is 17.2 Å². The lowest BCUT2D eigenvalue weighted by Gasteiger charge is -2.08. The Kier molecular flexibility index (Phi) is 4.99. The summed E-state index contributed by atoms with van der Waals surface area (Å²) in [5.41, 5.74) is 0.799. The highest BCUT2D eigenvalue weighted by atomic mass is 16.5. The second-order valence-electron chi connectivity index (χ2n) is 4.25. The molecule has 1 N–H and O–H groups in total. The minimum atomic E-state index is -0.969. The van der Waals surface area contributed by atoms with Crippen molar-refractivity contribution in [3.63, 3.8) is 0 Å². The second kappa shape index (κ2) is 7.14. The maximum atomic E-state index is 10.4. The summed E-state index contributed by atoms with van der Waals surface area (Å²) in [6, 6.07) is 14.6. The van der Waals surface area contributed by atoms with Gasteiger partial charge in [-0.15, -0.1) is 0 Å². The van der Waals surface area contributed by atoms with Crippen molar-refractivity contribution in [1.82, 2.24) is 0 Å². The van der Waals surface area contributed by atoms with Crippen LogP contribution in [0, 0.1) is 0 Å². The molecule has 2 aromatic carbocycles. The third-order valence-electron chi connectivity index (χ3n) is 2.65. The molecular weight excluding hydrogens is 268 g/mol. The molecule has 2 aromatic rings. The maximum Gasteiger partial charge on any atom is 0.328 e. The van der Waals surface area contributed by atoms with Crippen molar-refractivity contribution in [2.24, 2.45) is 0 Å². The van der Waals surface area contributed by atoms with E-state index in [0.717, 1.165) is 17.4 Å². The first-order chi connectivity index (χ1) is 10.2. The van der Waals surface area contributed by atoms with Crippen LogP contribution in [0.2, 0.25) is 0 Å². The standard InChI is InChI=1S/C17H16O4/c1-2-20-15-4-3-5-16(12-15)21-14-9-6-13(7-10-14)8-11-17(18)19/h3-12H,2H2,1H3,(H,18,19). The van der Waals surface area contributed by atoms with E-state index in [0.29, 0.717) is 18.1 Å². The molecule has 0 aliphatic rings. The summed E-state index contributed by atoms with van der Waals surface area (Å²) < 4.78 is 11.1. The molecule has 0 radical (unpaired) electrons. The van der Waals surface area contributed by atoms with Gasteiger partial charge in [-0.25, -0.2) is 4.79 Å². The van der Waals surface area contributed by atoms with E-state index in [1.807, 2.05) is 31.2 Å². The average Bonchev–Trinajstić information content (AvgIpc) is 2.47. The van der Waals surface area contributed by atoms with Crippen LogP contribution in [0.15, 0.2) is 54.6 Å². The smallest absolute Gasteiger partial charge is 0.328 e. The number of ether oxygens (including phenoxy) is 2. The molecule has 21 heavy (non-hydrogen) atoms. The van der Waals surface area contributed by atoms with Gasteiger partial charge >= 0.3 is 5.97 Å². The van der Waals surface area contributed by atoms with E-state index in [9.17, 15) is 4.79 Å². The normalized spacial score (nSPS) is 10.5. The van der Waals surface area contributed by atoms with Crippen LogP contribution in [0.25, 0.3) is 6.08 Å². The summed E-state index contributed by atoms with van der Waals surface area (Å²) in [6.07, 6.45) is 2.63. The van der Waals surface area contributed by atoms with Crippen LogP contribution >= 0.6 is 0 Å². The maximum absolute atomic E-state index is 10.4. The van der Waals surface area contributed by atoms with Gasteiger partial charge in [-0.1, -0.05) is 18.2 Å². The van der Waals surface area contributed by atoms with E-state index in [4.69, 9.17) is 14.6 Å². The van der Waals surface area contributed by atoms with Crippen molar-refractivity contribution in [3.8, 4) is 17.2 Å². The highest BCUT2D eigenvalue weighted by Crippen LogP contribution is 2.25. The number of rotatable bonds is 6. The van der Waals surface area contributed by atoms with E-state index < -0.39 is 5.97 Å². The minimum Gasteiger partial charge on any atom is -0.494 e. The number of benzene rings is 2. The number of hydrogen-bond donors (Lipinski definition) is 1. The van der Waals surface area contributed by atoms with Gasteiger partial charge < -0.3 is 14.6 Å². The molecule has 0 aliphatic carbocycles. The Morgan fingerprint density at radius 3 is 2.48 bits per heavy atom. The Bertz CT molecular complexity index is 629. The molecule has 0 amide bonds. The van der Waals surface area contributed by atoms with Crippen molar-refractivity contribution in [1.29, 1.82) is 0 Å². The first-order valence-corrected chi connectivity index (χ1v) is 6.59. The zero-order chi connectivity index (χ0) is 15.1. The van der Waals surface area contributed by atoms with Gasteiger partial charge in [0, 0.05) is 12.1 Å². The molecule has 0 saturated carbocycles. The quantitative estimate of drug-likeness (QED) is 0.815. The molecular formula is C17H16O4. The van der Waals surface area contributed by atoms with Crippen LogP contribution in [0.4, 0.5) is 0 Å². The predicted molar refractivity (Wildman–Crippen MR) is 80.8 cm³/mol. The lowest BCUT2D eigenvalue weighted by atomic mass is 10.2. The Balaban J connectivity index is 2.06. The van der Waals surface area contributed by atoms with Gasteiger partial charge in [0.2, 0.25) is 0 Å². The summed E-state index contributed by atoms with van der Waals surface area (Å²) in [5, 5.41) is 8.57. The van der Waals surface area contributed by atoms with Crippen molar-refractivity contribution in [2.45, 2.75) is 6.92 Å². The molecule has 0 bridgehead atoms. The van der Waals surface area contributed by atoms with E-state index in [-0.39, 0.29) is 0 Å². The number of aliphatic carboxylic acids is 1. The van der Waals surface area contributed by atoms with Crippen molar-refractivity contribution in [2.75, 3.05) is 6.61 Å². The van der Waals surface area contributed by atoms with Gasteiger partial charge in [0.15, 0.2) is 0 Å². The molecule has 0 spiro atoms. The Labute approximate surface area is 123 Å². The molecule has 0 unspecified atom stereocenters. The van der Waals surface area contributed by atoms with Gasteiger partial charge in [0.25, 0.3) is 0 Å². The lowest BCUT2D eigenvalue weighted by molar-refractivity contribution is -0.131. The van der Waals surface area contributed by atoms with Crippen LogP contribution < -0.4 is 9.47 Å². The summed E-state index contributed by atoms with van der Waals surface area (Å²) in [5.74, 6) is 1.16. The number of carboxylic acid groups (broad SMARTS) is 1. The fourth-order valence-corrected chi connectivity index (χ4v) is 1.74. The van der Waals surface area contributed by atoms with Gasteiger partial charge in [-0.3, -0.25) is 0 Å². The number of carboxylic acids is 1. The van der Waals surface area contributed by atoms with Crippen LogP contribution in [-0.4, -0.2) is 17.7 Å². The molecule has 0 fully saturated rings. The third kappa shape index (κ3) is 4.69. The molecule has 4 nitrogen and oxygen atoms in total. The van der Waals surface area contributed by atoms with Crippen molar-refractivity contribution < 1.29 is 19.4 Å². The van der Waals surface area contributed by atoms with Gasteiger partial charge in [0.05, 0.1) is 6.61 Å². The molecule has 0 aliphatic heterocycles. The third-order valence-corrected chi connectivity index (χ3v) is 2.65. The number of hydrogen-bond acceptors (Lipinski definition) is 3. The Morgan fingerprint density at radius 1 is 1.10 bits per heavy atom. The summed E-state index contributed by atoms with van der Waals surface area (Å²) in [4.78, 5) is 10.4. The van der Waals surface area contributed by atoms with E-state index in [2.05, 4.69) is 0 Å².